The first kappa shape index (κ1) is 74.1. The van der Waals surface area contributed by atoms with Crippen LogP contribution in [0.25, 0.3) is 85.2 Å². The molecule has 8 heterocycles. The van der Waals surface area contributed by atoms with E-state index in [-0.39, 0.29) is 40.8 Å². The fraction of sp³-hybridized carbons (Fsp3) is 0.0400. The number of aryl methyl sites for hydroxylation is 2. The summed E-state index contributed by atoms with van der Waals surface area (Å²) in [6, 6.07) is 132. The van der Waals surface area contributed by atoms with E-state index >= 15 is 8.78 Å². The van der Waals surface area contributed by atoms with Crippen molar-refractivity contribution in [2.75, 3.05) is 9.80 Å². The van der Waals surface area contributed by atoms with Crippen molar-refractivity contribution < 1.29 is 49.6 Å². The summed E-state index contributed by atoms with van der Waals surface area (Å²) in [5.41, 5.74) is 10.8. The van der Waals surface area contributed by atoms with Gasteiger partial charge in [0.2, 0.25) is 0 Å². The molecule has 16 heteroatoms. The van der Waals surface area contributed by atoms with Gasteiger partial charge in [-0.05, 0) is 88.6 Å². The first-order valence-electron chi connectivity index (χ1n) is 38.1. The van der Waals surface area contributed by atoms with Crippen molar-refractivity contribution >= 4 is 177 Å². The van der Waals surface area contributed by atoms with Gasteiger partial charge in [-0.1, -0.05) is 289 Å². The average molecular weight is 1750 g/mol. The number of hydrogen-bond acceptors (Lipinski definition) is 8. The zero-order valence-electron chi connectivity index (χ0n) is 62.4. The molecule has 14 aromatic carbocycles. The van der Waals surface area contributed by atoms with Crippen molar-refractivity contribution in [2.45, 2.75) is 12.3 Å². The summed E-state index contributed by atoms with van der Waals surface area (Å²) in [5.74, 6) is 2.99. The molecule has 2 unspecified atom stereocenters. The molecule has 116 heavy (non-hydrogen) atoms. The van der Waals surface area contributed by atoms with E-state index in [1.54, 1.807) is 22.7 Å². The third-order valence-corrected chi connectivity index (χ3v) is 35.1. The van der Waals surface area contributed by atoms with Crippen molar-refractivity contribution in [1.29, 1.82) is 0 Å². The molecule has 2 aliphatic rings. The predicted octanol–water partition coefficient (Wildman–Crippen LogP) is 19.6. The number of alkyl halides is 2. The van der Waals surface area contributed by atoms with E-state index < -0.39 is 28.5 Å². The van der Waals surface area contributed by atoms with Crippen LogP contribution in [-0.4, -0.2) is 45.2 Å². The van der Waals surface area contributed by atoms with Crippen LogP contribution in [0.2, 0.25) is 0 Å². The Labute approximate surface area is 707 Å². The Hall–Kier alpha value is -12.0. The van der Waals surface area contributed by atoms with Crippen LogP contribution < -0.4 is 51.3 Å². The topological polar surface area (TPSA) is 67.9 Å². The molecular formula is C100H66F2N8Pd2S2Si2. The molecule has 20 aromatic rings. The van der Waals surface area contributed by atoms with E-state index in [0.717, 1.165) is 120 Å². The zero-order valence-corrected chi connectivity index (χ0v) is 69.2. The number of aromatic nitrogens is 6. The van der Waals surface area contributed by atoms with Crippen molar-refractivity contribution in [1.82, 2.24) is 29.1 Å². The van der Waals surface area contributed by atoms with Gasteiger partial charge in [0.25, 0.3) is 0 Å². The Bertz CT molecular complexity index is 7030. The minimum Gasteiger partial charge on any atom is -0.367 e. The minimum absolute atomic E-state index is 0. The molecule has 0 amide bonds. The van der Waals surface area contributed by atoms with Gasteiger partial charge in [0.1, 0.15) is 40.1 Å². The van der Waals surface area contributed by atoms with E-state index in [4.69, 9.17) is 19.9 Å². The van der Waals surface area contributed by atoms with E-state index in [2.05, 4.69) is 252 Å². The summed E-state index contributed by atoms with van der Waals surface area (Å²) in [4.78, 5) is 24.2. The second kappa shape index (κ2) is 30.3. The second-order valence-electron chi connectivity index (χ2n) is 28.9. The van der Waals surface area contributed by atoms with Gasteiger partial charge in [-0.25, -0.2) is 30.1 Å². The number of hydrogen-bond donors (Lipinski definition) is 0. The molecule has 8 nitrogen and oxygen atoms in total. The molecule has 6 aromatic heterocycles. The molecule has 0 bridgehead atoms. The maximum Gasteiger partial charge on any atom is 2.00 e. The van der Waals surface area contributed by atoms with E-state index in [1.807, 2.05) is 157 Å². The van der Waals surface area contributed by atoms with Crippen LogP contribution in [-0.2, 0) is 54.9 Å². The van der Waals surface area contributed by atoms with Crippen molar-refractivity contribution in [2.24, 2.45) is 14.1 Å². The molecule has 0 spiro atoms. The first-order valence-corrected chi connectivity index (χ1v) is 43.7. The molecule has 0 fully saturated rings. The Morgan fingerprint density at radius 3 is 1.19 bits per heavy atom. The number of thiophene rings is 2. The Kier molecular flexibility index (Phi) is 19.4. The summed E-state index contributed by atoms with van der Waals surface area (Å²) in [5, 5.41) is 14.0. The van der Waals surface area contributed by atoms with Gasteiger partial charge in [0.05, 0.1) is 33.7 Å². The normalized spacial score (nSPS) is 13.6. The quantitative estimate of drug-likeness (QED) is 0.0897. The Morgan fingerprint density at radius 2 is 0.724 bits per heavy atom. The summed E-state index contributed by atoms with van der Waals surface area (Å²) in [6.45, 7) is 0. The molecule has 0 aliphatic carbocycles. The van der Waals surface area contributed by atoms with Crippen LogP contribution in [0.3, 0.4) is 0 Å². The molecule has 560 valence electrons. The fourth-order valence-electron chi connectivity index (χ4n) is 17.9. The fourth-order valence-corrected chi connectivity index (χ4v) is 31.4. The van der Waals surface area contributed by atoms with Crippen molar-refractivity contribution in [3.8, 4) is 22.8 Å². The molecule has 2 aliphatic heterocycles. The van der Waals surface area contributed by atoms with Gasteiger partial charge < -0.3 is 18.9 Å². The molecule has 0 radical (unpaired) electrons. The van der Waals surface area contributed by atoms with Crippen LogP contribution in [0.1, 0.15) is 34.6 Å². The van der Waals surface area contributed by atoms with Crippen molar-refractivity contribution in [3.63, 3.8) is 0 Å². The number of pyridine rings is 2. The summed E-state index contributed by atoms with van der Waals surface area (Å²) in [7, 11) is -2.28. The van der Waals surface area contributed by atoms with Gasteiger partial charge in [-0.2, -0.15) is 23.5 Å². The van der Waals surface area contributed by atoms with Crippen LogP contribution in [0, 0.1) is 24.3 Å². The van der Waals surface area contributed by atoms with Crippen LogP contribution in [0.5, 0.6) is 0 Å². The SMILES string of the molecule is Cn1c(-c2[c-]c(C(F)c3[c-]c4c(c5c3sc3ccccc35)[Si](c3ccccc3)(c3ccccc3)c3ccccc3N4c3ccccn3)ccc2)nc2ccccc21.Cn1c(-c2[c-]c(C(F)c3[c-]c4c(c5sc6ccccc6c35)[Si](c3ccccc3)(c3ccccc3)c3ccccc3N4c3ccccn3)ccc2)nc2ccccc21.[Pd+2].[Pd+2]. The summed E-state index contributed by atoms with van der Waals surface area (Å²) in [6.07, 6.45) is 0.568. The van der Waals surface area contributed by atoms with Gasteiger partial charge in [-0.15, -0.1) is 91.9 Å². The number of fused-ring (bicyclic) bond motifs is 14. The maximum atomic E-state index is 18.1. The third-order valence-electron chi connectivity index (χ3n) is 22.8. The van der Waals surface area contributed by atoms with Gasteiger partial charge >= 0.3 is 40.8 Å². The predicted molar refractivity (Wildman–Crippen MR) is 472 cm³/mol. The molecule has 0 N–H and O–H groups in total. The van der Waals surface area contributed by atoms with Gasteiger partial charge in [0, 0.05) is 47.3 Å². The number of halogens is 2. The van der Waals surface area contributed by atoms with Crippen molar-refractivity contribution in [3.05, 3.63) is 399 Å². The number of nitrogens with zero attached hydrogens (tertiary/aromatic N) is 8. The maximum absolute atomic E-state index is 18.1. The van der Waals surface area contributed by atoms with Gasteiger partial charge in [0.15, 0.2) is 0 Å². The van der Waals surface area contributed by atoms with Crippen LogP contribution in [0.4, 0.5) is 43.2 Å². The number of anilines is 6. The molecule has 0 saturated heterocycles. The van der Waals surface area contributed by atoms with E-state index in [1.165, 1.54) is 41.5 Å². The summed E-state index contributed by atoms with van der Waals surface area (Å²) < 4.78 is 44.5. The zero-order chi connectivity index (χ0) is 76.2. The van der Waals surface area contributed by atoms with E-state index in [9.17, 15) is 0 Å². The smallest absolute Gasteiger partial charge is 0.367 e. The number of benzene rings is 14. The minimum atomic E-state index is -3.14. The van der Waals surface area contributed by atoms with Crippen LogP contribution >= 0.6 is 22.7 Å². The first-order chi connectivity index (χ1) is 56.2. The van der Waals surface area contributed by atoms with Gasteiger partial charge in [-0.3, -0.25) is 9.97 Å². The molecule has 22 rings (SSSR count). The third kappa shape index (κ3) is 11.7. The number of rotatable bonds is 12. The van der Waals surface area contributed by atoms with Crippen LogP contribution in [0.15, 0.2) is 352 Å². The standard InChI is InChI=1S/2C50H33FN4SSi.2Pd/c1-54-40-25-10-9-24-39(40)53-50(54)34-18-16-17-33(31-34)47(51)38-32-42-49(46-37-23-8-12-27-43(37)56-48(38)46)57(35-19-4-2-5-20-35,36-21-6-3-7-22-36)44-28-13-11-26-41(44)55(42)45-29-14-15-30-52-45;1-54-40-25-10-9-24-39(40)53-50(54)34-18-16-17-33(31-34)47(51)38-32-42-49(48-46(38)37-23-8-12-27-43(37)56-48)57(35-19-4-2-5-20-35,36-21-6-3-7-22-36)44-28-13-11-26-41(44)55(42)45-29-14-15-30-52-45;;/h2*2-30,47H,1H3;;/q2*-2;2*+2. The monoisotopic (exact) mass is 1750 g/mol. The van der Waals surface area contributed by atoms with E-state index in [0.29, 0.717) is 22.3 Å². The largest absolute Gasteiger partial charge is 2.00 e. The number of imidazole rings is 2. The second-order valence-corrected chi connectivity index (χ2v) is 38.4. The molecule has 0 saturated carbocycles. The summed E-state index contributed by atoms with van der Waals surface area (Å²) >= 11 is 3.39. The Balaban J connectivity index is 0.000000152. The number of para-hydroxylation sites is 6. The molecule has 2 atom stereocenters. The molecular weight excluding hydrogens is 1680 g/mol. The Morgan fingerprint density at radius 1 is 0.345 bits per heavy atom. The average Bonchev–Trinajstić information content (AvgIpc) is 1.20.